The van der Waals surface area contributed by atoms with Crippen molar-refractivity contribution in [3.63, 3.8) is 0 Å². The molecule has 0 unspecified atom stereocenters. The van der Waals surface area contributed by atoms with E-state index in [1.54, 1.807) is 42.9 Å². The molecule has 2 aromatic heterocycles. The van der Waals surface area contributed by atoms with E-state index in [2.05, 4.69) is 25.5 Å². The fraction of sp³-hybridized carbons (Fsp3) is 0.0588. The molecule has 0 saturated carbocycles. The number of hydrogen-bond donors (Lipinski definition) is 2. The summed E-state index contributed by atoms with van der Waals surface area (Å²) < 4.78 is 0. The van der Waals surface area contributed by atoms with Crippen LogP contribution < -0.4 is 5.43 Å². The number of phenolic OH excluding ortho intramolecular Hbond substituents is 1. The summed E-state index contributed by atoms with van der Waals surface area (Å²) in [5, 5.41) is 14.1. The lowest BCUT2D eigenvalue weighted by molar-refractivity contribution is 0.477. The maximum absolute atomic E-state index is 9.93. The summed E-state index contributed by atoms with van der Waals surface area (Å²) in [7, 11) is 0. The van der Waals surface area contributed by atoms with Gasteiger partial charge in [-0.05, 0) is 25.1 Å². The van der Waals surface area contributed by atoms with Gasteiger partial charge in [-0.2, -0.15) is 5.10 Å². The van der Waals surface area contributed by atoms with Crippen molar-refractivity contribution in [3.8, 4) is 17.1 Å². The molecule has 0 aliphatic heterocycles. The molecular formula is C17H15N5O. The molecule has 0 amide bonds. The number of hydrogen-bond acceptors (Lipinski definition) is 6. The molecule has 3 rings (SSSR count). The zero-order valence-electron chi connectivity index (χ0n) is 12.5. The minimum atomic E-state index is 0.142. The number of anilines is 1. The number of rotatable bonds is 4. The van der Waals surface area contributed by atoms with Crippen molar-refractivity contribution in [1.82, 2.24) is 15.0 Å². The van der Waals surface area contributed by atoms with Gasteiger partial charge < -0.3 is 5.11 Å². The lowest BCUT2D eigenvalue weighted by Gasteiger charge is -2.06. The minimum absolute atomic E-state index is 0.142. The van der Waals surface area contributed by atoms with Crippen LogP contribution in [0.3, 0.4) is 0 Å². The lowest BCUT2D eigenvalue weighted by atomic mass is 10.2. The van der Waals surface area contributed by atoms with Crippen LogP contribution in [-0.4, -0.2) is 26.3 Å². The van der Waals surface area contributed by atoms with E-state index in [0.29, 0.717) is 17.2 Å². The van der Waals surface area contributed by atoms with Crippen molar-refractivity contribution in [2.45, 2.75) is 6.92 Å². The number of aromatic nitrogens is 3. The highest BCUT2D eigenvalue weighted by Crippen LogP contribution is 2.26. The Morgan fingerprint density at radius 2 is 2.00 bits per heavy atom. The van der Waals surface area contributed by atoms with Gasteiger partial charge in [0.25, 0.3) is 0 Å². The molecule has 6 nitrogen and oxygen atoms in total. The highest BCUT2D eigenvalue weighted by Gasteiger charge is 2.08. The summed E-state index contributed by atoms with van der Waals surface area (Å²) in [5.41, 5.74) is 5.11. The largest absolute Gasteiger partial charge is 0.507 e. The van der Waals surface area contributed by atoms with Crippen LogP contribution in [0.15, 0.2) is 60.0 Å². The SMILES string of the molecule is Cc1cc(N/N=C\c2cccnc2)nc(-c2ccccc2O)n1. The number of pyridine rings is 1. The number of nitrogens with one attached hydrogen (secondary N) is 1. The summed E-state index contributed by atoms with van der Waals surface area (Å²) in [5.74, 6) is 1.14. The average Bonchev–Trinajstić information content (AvgIpc) is 2.56. The first-order valence-corrected chi connectivity index (χ1v) is 7.05. The van der Waals surface area contributed by atoms with Gasteiger partial charge in [0.1, 0.15) is 5.75 Å². The van der Waals surface area contributed by atoms with Gasteiger partial charge in [0.15, 0.2) is 11.6 Å². The molecular weight excluding hydrogens is 290 g/mol. The van der Waals surface area contributed by atoms with Crippen molar-refractivity contribution in [3.05, 3.63) is 66.1 Å². The second-order valence-electron chi connectivity index (χ2n) is 4.89. The molecule has 3 aromatic rings. The molecule has 0 spiro atoms. The van der Waals surface area contributed by atoms with Crippen molar-refractivity contribution in [1.29, 1.82) is 0 Å². The molecule has 2 heterocycles. The number of nitrogens with zero attached hydrogens (tertiary/aromatic N) is 4. The van der Waals surface area contributed by atoms with Gasteiger partial charge in [-0.15, -0.1) is 0 Å². The van der Waals surface area contributed by atoms with Crippen LogP contribution in [0.25, 0.3) is 11.4 Å². The summed E-state index contributed by atoms with van der Waals surface area (Å²) in [6.45, 7) is 1.86. The first kappa shape index (κ1) is 14.6. The molecule has 2 N–H and O–H groups in total. The molecule has 0 bridgehead atoms. The zero-order valence-corrected chi connectivity index (χ0v) is 12.5. The smallest absolute Gasteiger partial charge is 0.165 e. The first-order chi connectivity index (χ1) is 11.2. The first-order valence-electron chi connectivity index (χ1n) is 7.05. The van der Waals surface area contributed by atoms with E-state index in [0.717, 1.165) is 11.3 Å². The van der Waals surface area contributed by atoms with Gasteiger partial charge in [-0.3, -0.25) is 10.4 Å². The highest BCUT2D eigenvalue weighted by molar-refractivity contribution is 5.79. The quantitative estimate of drug-likeness (QED) is 0.572. The number of aromatic hydroxyl groups is 1. The van der Waals surface area contributed by atoms with E-state index < -0.39 is 0 Å². The van der Waals surface area contributed by atoms with Crippen LogP contribution in [-0.2, 0) is 0 Å². The molecule has 23 heavy (non-hydrogen) atoms. The number of hydrazone groups is 1. The zero-order chi connectivity index (χ0) is 16.1. The maximum atomic E-state index is 9.93. The third kappa shape index (κ3) is 3.68. The van der Waals surface area contributed by atoms with Gasteiger partial charge >= 0.3 is 0 Å². The number of phenols is 1. The maximum Gasteiger partial charge on any atom is 0.165 e. The van der Waals surface area contributed by atoms with Gasteiger partial charge in [-0.25, -0.2) is 9.97 Å². The Kier molecular flexibility index (Phi) is 4.24. The minimum Gasteiger partial charge on any atom is -0.507 e. The topological polar surface area (TPSA) is 83.3 Å². The Bertz CT molecular complexity index is 833. The van der Waals surface area contributed by atoms with E-state index in [-0.39, 0.29) is 5.75 Å². The lowest BCUT2D eigenvalue weighted by Crippen LogP contribution is -1.99. The van der Waals surface area contributed by atoms with E-state index in [4.69, 9.17) is 0 Å². The summed E-state index contributed by atoms with van der Waals surface area (Å²) in [6, 6.07) is 12.5. The molecule has 0 atom stereocenters. The average molecular weight is 305 g/mol. The number of para-hydroxylation sites is 1. The molecule has 6 heteroatoms. The van der Waals surface area contributed by atoms with Crippen LogP contribution in [0.1, 0.15) is 11.3 Å². The van der Waals surface area contributed by atoms with E-state index >= 15 is 0 Å². The fourth-order valence-electron chi connectivity index (χ4n) is 2.03. The summed E-state index contributed by atoms with van der Waals surface area (Å²) in [6.07, 6.45) is 5.07. The van der Waals surface area contributed by atoms with Crippen molar-refractivity contribution in [2.75, 3.05) is 5.43 Å². The second-order valence-corrected chi connectivity index (χ2v) is 4.89. The molecule has 0 radical (unpaired) electrons. The van der Waals surface area contributed by atoms with Crippen LogP contribution >= 0.6 is 0 Å². The Balaban J connectivity index is 1.84. The van der Waals surface area contributed by atoms with Gasteiger partial charge in [0.2, 0.25) is 0 Å². The molecule has 1 aromatic carbocycles. The standard InChI is InChI=1S/C17H15N5O/c1-12-9-16(22-19-11-13-5-4-8-18-10-13)21-17(20-12)14-6-2-3-7-15(14)23/h2-11,23H,1H3,(H,20,21,22)/b19-11-. The van der Waals surface area contributed by atoms with Crippen LogP contribution in [0.2, 0.25) is 0 Å². The van der Waals surface area contributed by atoms with Crippen LogP contribution in [0.5, 0.6) is 5.75 Å². The molecule has 0 saturated heterocycles. The Morgan fingerprint density at radius 3 is 2.78 bits per heavy atom. The van der Waals surface area contributed by atoms with Crippen LogP contribution in [0, 0.1) is 6.92 Å². The Labute approximate surface area is 133 Å². The normalized spacial score (nSPS) is 10.8. The van der Waals surface area contributed by atoms with E-state index in [9.17, 15) is 5.11 Å². The Hall–Kier alpha value is -3.28. The second kappa shape index (κ2) is 6.65. The summed E-state index contributed by atoms with van der Waals surface area (Å²) in [4.78, 5) is 12.8. The molecule has 0 aliphatic rings. The van der Waals surface area contributed by atoms with E-state index in [1.165, 1.54) is 0 Å². The van der Waals surface area contributed by atoms with Gasteiger partial charge in [0, 0.05) is 29.7 Å². The number of aryl methyl sites for hydroxylation is 1. The fourth-order valence-corrected chi connectivity index (χ4v) is 2.03. The third-order valence-electron chi connectivity index (χ3n) is 3.08. The summed E-state index contributed by atoms with van der Waals surface area (Å²) >= 11 is 0. The van der Waals surface area contributed by atoms with Gasteiger partial charge in [-0.1, -0.05) is 18.2 Å². The third-order valence-corrected chi connectivity index (χ3v) is 3.08. The van der Waals surface area contributed by atoms with E-state index in [1.807, 2.05) is 25.1 Å². The molecule has 114 valence electrons. The van der Waals surface area contributed by atoms with Crippen molar-refractivity contribution >= 4 is 12.0 Å². The monoisotopic (exact) mass is 305 g/mol. The van der Waals surface area contributed by atoms with Crippen molar-refractivity contribution < 1.29 is 5.11 Å². The van der Waals surface area contributed by atoms with Gasteiger partial charge in [0.05, 0.1) is 11.8 Å². The molecule has 0 fully saturated rings. The number of benzene rings is 1. The molecule has 0 aliphatic carbocycles. The predicted octanol–water partition coefficient (Wildman–Crippen LogP) is 3.00. The predicted molar refractivity (Wildman–Crippen MR) is 89.3 cm³/mol. The highest BCUT2D eigenvalue weighted by atomic mass is 16.3. The van der Waals surface area contributed by atoms with Crippen LogP contribution in [0.4, 0.5) is 5.82 Å². The Morgan fingerprint density at radius 1 is 1.13 bits per heavy atom. The van der Waals surface area contributed by atoms with Crippen molar-refractivity contribution in [2.24, 2.45) is 5.10 Å².